The largest absolute Gasteiger partial charge is 0.366 e. The third kappa shape index (κ3) is 1.94. The molecule has 0 bridgehead atoms. The lowest BCUT2D eigenvalue weighted by atomic mass is 10.2. The van der Waals surface area contributed by atoms with Crippen molar-refractivity contribution in [2.75, 3.05) is 5.73 Å². The summed E-state index contributed by atoms with van der Waals surface area (Å²) in [5.74, 6) is 0.356. The number of rotatable bonds is 3. The van der Waals surface area contributed by atoms with Crippen molar-refractivity contribution in [2.24, 2.45) is 0 Å². The topological polar surface area (TPSA) is 150 Å². The Morgan fingerprint density at radius 1 is 1.30 bits per heavy atom. The quantitative estimate of drug-likeness (QED) is 0.530. The van der Waals surface area contributed by atoms with Crippen LogP contribution in [0.4, 0.5) is 11.6 Å². The Morgan fingerprint density at radius 3 is 2.80 bits per heavy atom. The average Bonchev–Trinajstić information content (AvgIpc) is 3.07. The molecule has 2 aromatic heterocycles. The smallest absolute Gasteiger partial charge is 0.295 e. The van der Waals surface area contributed by atoms with Gasteiger partial charge in [-0.05, 0) is 6.07 Å². The number of nitro groups is 1. The van der Waals surface area contributed by atoms with Gasteiger partial charge in [0.15, 0.2) is 0 Å². The van der Waals surface area contributed by atoms with Crippen LogP contribution in [0.1, 0.15) is 0 Å². The van der Waals surface area contributed by atoms with E-state index in [9.17, 15) is 10.1 Å². The Labute approximate surface area is 110 Å². The molecule has 0 saturated carbocycles. The third-order valence-corrected chi connectivity index (χ3v) is 2.47. The van der Waals surface area contributed by atoms with Crippen LogP contribution in [0.5, 0.6) is 0 Å². The zero-order valence-corrected chi connectivity index (χ0v) is 9.85. The number of hydrogen-bond donors (Lipinski definition) is 2. The first-order valence-electron chi connectivity index (χ1n) is 5.41. The molecule has 0 aliphatic heterocycles. The maximum atomic E-state index is 10.9. The van der Waals surface area contributed by atoms with Gasteiger partial charge in [0, 0.05) is 6.07 Å². The Kier molecular flexibility index (Phi) is 2.60. The lowest BCUT2D eigenvalue weighted by Crippen LogP contribution is -1.92. The molecule has 3 N–H and O–H groups in total. The van der Waals surface area contributed by atoms with Gasteiger partial charge in [0.1, 0.15) is 5.56 Å². The van der Waals surface area contributed by atoms with Gasteiger partial charge in [0.25, 0.3) is 11.6 Å². The molecule has 3 rings (SSSR count). The number of H-pyrrole nitrogens is 1. The molecular weight excluding hydrogens is 266 g/mol. The number of aromatic amines is 1. The van der Waals surface area contributed by atoms with Crippen molar-refractivity contribution >= 4 is 11.6 Å². The molecule has 20 heavy (non-hydrogen) atoms. The third-order valence-electron chi connectivity index (χ3n) is 2.47. The van der Waals surface area contributed by atoms with Gasteiger partial charge < -0.3 is 10.3 Å². The van der Waals surface area contributed by atoms with E-state index in [1.807, 2.05) is 0 Å². The van der Waals surface area contributed by atoms with Gasteiger partial charge in [0.2, 0.25) is 17.6 Å². The molecule has 0 unspecified atom stereocenters. The SMILES string of the molecule is Nc1n[nH]c(-c2nc(-c3ccccc3[N+](=O)[O-])no2)n1. The Balaban J connectivity index is 2.05. The summed E-state index contributed by atoms with van der Waals surface area (Å²) >= 11 is 0. The summed E-state index contributed by atoms with van der Waals surface area (Å²) in [6, 6.07) is 6.09. The molecule has 0 spiro atoms. The maximum absolute atomic E-state index is 10.9. The number of nitrogen functional groups attached to an aromatic ring is 1. The van der Waals surface area contributed by atoms with Gasteiger partial charge in [-0.25, -0.2) is 0 Å². The highest BCUT2D eigenvalue weighted by Crippen LogP contribution is 2.28. The molecule has 0 radical (unpaired) electrons. The van der Waals surface area contributed by atoms with Gasteiger partial charge in [-0.3, -0.25) is 15.2 Å². The zero-order valence-electron chi connectivity index (χ0n) is 9.85. The van der Waals surface area contributed by atoms with Crippen molar-refractivity contribution in [2.45, 2.75) is 0 Å². The highest BCUT2D eigenvalue weighted by atomic mass is 16.6. The molecule has 100 valence electrons. The number of nitrogens with two attached hydrogens (primary N) is 1. The zero-order chi connectivity index (χ0) is 14.1. The highest BCUT2D eigenvalue weighted by Gasteiger charge is 2.20. The summed E-state index contributed by atoms with van der Waals surface area (Å²) in [7, 11) is 0. The van der Waals surface area contributed by atoms with Crippen molar-refractivity contribution in [1.29, 1.82) is 0 Å². The van der Waals surface area contributed by atoms with E-state index in [0.717, 1.165) is 0 Å². The van der Waals surface area contributed by atoms with E-state index < -0.39 is 4.92 Å². The summed E-state index contributed by atoms with van der Waals surface area (Å²) in [5, 5.41) is 20.8. The molecule has 0 atom stereocenters. The highest BCUT2D eigenvalue weighted by molar-refractivity contribution is 5.68. The second kappa shape index (κ2) is 4.42. The normalized spacial score (nSPS) is 10.6. The minimum Gasteiger partial charge on any atom is -0.366 e. The van der Waals surface area contributed by atoms with Gasteiger partial charge in [0.05, 0.1) is 4.92 Å². The summed E-state index contributed by atoms with van der Waals surface area (Å²) in [6.45, 7) is 0. The van der Waals surface area contributed by atoms with E-state index in [-0.39, 0.29) is 34.7 Å². The fourth-order valence-electron chi connectivity index (χ4n) is 1.62. The molecule has 0 saturated heterocycles. The van der Waals surface area contributed by atoms with Crippen molar-refractivity contribution in [3.05, 3.63) is 34.4 Å². The van der Waals surface area contributed by atoms with Crippen molar-refractivity contribution in [3.63, 3.8) is 0 Å². The van der Waals surface area contributed by atoms with Crippen molar-refractivity contribution in [3.8, 4) is 23.1 Å². The summed E-state index contributed by atoms with van der Waals surface area (Å²) in [6.07, 6.45) is 0. The van der Waals surface area contributed by atoms with Crippen LogP contribution in [0.15, 0.2) is 28.8 Å². The number of nitro benzene ring substituents is 1. The predicted molar refractivity (Wildman–Crippen MR) is 66.2 cm³/mol. The number of aromatic nitrogens is 5. The van der Waals surface area contributed by atoms with E-state index in [1.165, 1.54) is 12.1 Å². The maximum Gasteiger partial charge on any atom is 0.295 e. The number of hydrogen-bond acceptors (Lipinski definition) is 8. The number of nitrogens with zero attached hydrogens (tertiary/aromatic N) is 5. The summed E-state index contributed by atoms with van der Waals surface area (Å²) in [5.41, 5.74) is 5.50. The number of nitrogens with one attached hydrogen (secondary N) is 1. The summed E-state index contributed by atoms with van der Waals surface area (Å²) < 4.78 is 4.98. The minimum atomic E-state index is -0.516. The number of benzene rings is 1. The first kappa shape index (κ1) is 11.8. The monoisotopic (exact) mass is 273 g/mol. The van der Waals surface area contributed by atoms with Gasteiger partial charge >= 0.3 is 0 Å². The molecular formula is C10H7N7O3. The van der Waals surface area contributed by atoms with Crippen LogP contribution in [0.3, 0.4) is 0 Å². The molecule has 3 aromatic rings. The van der Waals surface area contributed by atoms with Gasteiger partial charge in [-0.2, -0.15) is 9.97 Å². The lowest BCUT2D eigenvalue weighted by molar-refractivity contribution is -0.384. The van der Waals surface area contributed by atoms with Crippen LogP contribution < -0.4 is 5.73 Å². The molecule has 0 aliphatic rings. The molecule has 1 aromatic carbocycles. The van der Waals surface area contributed by atoms with Crippen LogP contribution in [0.25, 0.3) is 23.1 Å². The van der Waals surface area contributed by atoms with Crippen molar-refractivity contribution in [1.82, 2.24) is 25.3 Å². The number of para-hydroxylation sites is 1. The Hall–Kier alpha value is -3.30. The second-order valence-electron chi connectivity index (χ2n) is 3.74. The van der Waals surface area contributed by atoms with Crippen molar-refractivity contribution < 1.29 is 9.45 Å². The number of anilines is 1. The first-order valence-corrected chi connectivity index (χ1v) is 5.41. The molecule has 0 fully saturated rings. The average molecular weight is 273 g/mol. The molecule has 0 aliphatic carbocycles. The van der Waals surface area contributed by atoms with E-state index in [2.05, 4.69) is 25.3 Å². The van der Waals surface area contributed by atoms with Crippen LogP contribution in [0, 0.1) is 10.1 Å². The van der Waals surface area contributed by atoms with Crippen LogP contribution >= 0.6 is 0 Å². The fourth-order valence-corrected chi connectivity index (χ4v) is 1.62. The first-order chi connectivity index (χ1) is 9.65. The van der Waals surface area contributed by atoms with E-state index >= 15 is 0 Å². The van der Waals surface area contributed by atoms with Gasteiger partial charge in [-0.15, -0.1) is 5.10 Å². The van der Waals surface area contributed by atoms with Gasteiger partial charge in [-0.1, -0.05) is 17.3 Å². The van der Waals surface area contributed by atoms with E-state index in [1.54, 1.807) is 12.1 Å². The van der Waals surface area contributed by atoms with Crippen LogP contribution in [-0.4, -0.2) is 30.2 Å². The molecule has 10 heteroatoms. The summed E-state index contributed by atoms with van der Waals surface area (Å²) in [4.78, 5) is 18.3. The Bertz CT molecular complexity index is 779. The minimum absolute atomic E-state index is 0.0328. The second-order valence-corrected chi connectivity index (χ2v) is 3.74. The standard InChI is InChI=1S/C10H7N7O3/c11-10-13-8(14-15-10)9-12-7(16-20-9)5-3-1-2-4-6(5)17(18)19/h1-4H,(H3,11,13,14,15). The fraction of sp³-hybridized carbons (Fsp3) is 0. The molecule has 10 nitrogen and oxygen atoms in total. The van der Waals surface area contributed by atoms with Crippen LogP contribution in [-0.2, 0) is 0 Å². The lowest BCUT2D eigenvalue weighted by Gasteiger charge is -1.95. The predicted octanol–water partition coefficient (Wildman–Crippen LogP) is 1.01. The Morgan fingerprint density at radius 2 is 2.10 bits per heavy atom. The van der Waals surface area contributed by atoms with Crippen LogP contribution in [0.2, 0.25) is 0 Å². The van der Waals surface area contributed by atoms with E-state index in [4.69, 9.17) is 10.3 Å². The molecule has 0 amide bonds. The van der Waals surface area contributed by atoms with E-state index in [0.29, 0.717) is 0 Å². The molecule has 2 heterocycles.